The van der Waals surface area contributed by atoms with E-state index in [1.807, 2.05) is 0 Å². The van der Waals surface area contributed by atoms with Gasteiger partial charge in [0, 0.05) is 19.1 Å². The van der Waals surface area contributed by atoms with Gasteiger partial charge in [0.2, 0.25) is 0 Å². The van der Waals surface area contributed by atoms with E-state index in [1.165, 1.54) is 42.6 Å². The molecule has 106 valence electrons. The van der Waals surface area contributed by atoms with Gasteiger partial charge in [-0.3, -0.25) is 4.90 Å². The third kappa shape index (κ3) is 3.37. The summed E-state index contributed by atoms with van der Waals surface area (Å²) >= 11 is 0. The molecular weight excluding hydrogens is 232 g/mol. The molecule has 1 aliphatic heterocycles. The predicted octanol–water partition coefficient (Wildman–Crippen LogP) is 3.12. The Morgan fingerprint density at radius 1 is 1.26 bits per heavy atom. The highest BCUT2D eigenvalue weighted by molar-refractivity contribution is 5.33. The average Bonchev–Trinajstić information content (AvgIpc) is 2.42. The molecule has 1 aliphatic rings. The third-order valence-electron chi connectivity index (χ3n) is 4.74. The first-order valence-electron chi connectivity index (χ1n) is 7.60. The lowest BCUT2D eigenvalue weighted by molar-refractivity contribution is 0.132. The van der Waals surface area contributed by atoms with Gasteiger partial charge in [0.15, 0.2) is 0 Å². The van der Waals surface area contributed by atoms with Gasteiger partial charge in [0.1, 0.15) is 0 Å². The molecular formula is C17H28N2. The largest absolute Gasteiger partial charge is 0.317 e. The SMILES string of the molecule is CCC1CN(Cc2c(C)cccc2C)CCC1NC. The highest BCUT2D eigenvalue weighted by Crippen LogP contribution is 2.23. The van der Waals surface area contributed by atoms with Crippen LogP contribution in [-0.2, 0) is 6.54 Å². The summed E-state index contributed by atoms with van der Waals surface area (Å²) in [6.07, 6.45) is 2.55. The van der Waals surface area contributed by atoms with Crippen LogP contribution >= 0.6 is 0 Å². The van der Waals surface area contributed by atoms with Crippen LogP contribution in [0, 0.1) is 19.8 Å². The van der Waals surface area contributed by atoms with Gasteiger partial charge in [-0.05, 0) is 56.5 Å². The number of nitrogens with zero attached hydrogens (tertiary/aromatic N) is 1. The number of benzene rings is 1. The van der Waals surface area contributed by atoms with Crippen molar-refractivity contribution in [1.82, 2.24) is 10.2 Å². The van der Waals surface area contributed by atoms with Gasteiger partial charge in [-0.1, -0.05) is 31.5 Å². The summed E-state index contributed by atoms with van der Waals surface area (Å²) < 4.78 is 0. The van der Waals surface area contributed by atoms with Crippen molar-refractivity contribution in [3.8, 4) is 0 Å². The quantitative estimate of drug-likeness (QED) is 0.895. The number of likely N-dealkylation sites (tertiary alicyclic amines) is 1. The van der Waals surface area contributed by atoms with Crippen LogP contribution in [0.1, 0.15) is 36.5 Å². The zero-order chi connectivity index (χ0) is 13.8. The molecule has 0 saturated carbocycles. The van der Waals surface area contributed by atoms with Gasteiger partial charge in [-0.25, -0.2) is 0 Å². The second kappa shape index (κ2) is 6.53. The highest BCUT2D eigenvalue weighted by atomic mass is 15.1. The van der Waals surface area contributed by atoms with Crippen LogP contribution in [0.5, 0.6) is 0 Å². The predicted molar refractivity (Wildman–Crippen MR) is 82.4 cm³/mol. The monoisotopic (exact) mass is 260 g/mol. The summed E-state index contributed by atoms with van der Waals surface area (Å²) in [7, 11) is 2.11. The summed E-state index contributed by atoms with van der Waals surface area (Å²) in [5.74, 6) is 0.795. The van der Waals surface area contributed by atoms with Crippen molar-refractivity contribution < 1.29 is 0 Å². The van der Waals surface area contributed by atoms with E-state index in [9.17, 15) is 0 Å². The van der Waals surface area contributed by atoms with Gasteiger partial charge in [-0.15, -0.1) is 0 Å². The third-order valence-corrected chi connectivity index (χ3v) is 4.74. The Bertz CT molecular complexity index is 393. The molecule has 0 spiro atoms. The fraction of sp³-hybridized carbons (Fsp3) is 0.647. The van der Waals surface area contributed by atoms with E-state index in [1.54, 1.807) is 0 Å². The molecule has 1 heterocycles. The molecule has 2 heteroatoms. The van der Waals surface area contributed by atoms with Crippen molar-refractivity contribution >= 4 is 0 Å². The maximum absolute atomic E-state index is 3.49. The topological polar surface area (TPSA) is 15.3 Å². The highest BCUT2D eigenvalue weighted by Gasteiger charge is 2.27. The number of piperidine rings is 1. The maximum Gasteiger partial charge on any atom is 0.0239 e. The Labute approximate surface area is 118 Å². The van der Waals surface area contributed by atoms with Crippen LogP contribution < -0.4 is 5.32 Å². The Kier molecular flexibility index (Phi) is 5.00. The van der Waals surface area contributed by atoms with Crippen LogP contribution in [-0.4, -0.2) is 31.1 Å². The lowest BCUT2D eigenvalue weighted by Gasteiger charge is -2.38. The number of nitrogens with one attached hydrogen (secondary N) is 1. The van der Waals surface area contributed by atoms with Crippen molar-refractivity contribution in [2.24, 2.45) is 5.92 Å². The molecule has 0 amide bonds. The minimum absolute atomic E-state index is 0.708. The first-order chi connectivity index (χ1) is 9.15. The van der Waals surface area contributed by atoms with Crippen molar-refractivity contribution in [3.05, 3.63) is 34.9 Å². The molecule has 2 unspecified atom stereocenters. The van der Waals surface area contributed by atoms with E-state index < -0.39 is 0 Å². The van der Waals surface area contributed by atoms with Crippen molar-refractivity contribution in [2.45, 2.75) is 46.2 Å². The van der Waals surface area contributed by atoms with Crippen LogP contribution in [0.4, 0.5) is 0 Å². The van der Waals surface area contributed by atoms with E-state index in [0.717, 1.165) is 12.5 Å². The van der Waals surface area contributed by atoms with Crippen molar-refractivity contribution in [1.29, 1.82) is 0 Å². The van der Waals surface area contributed by atoms with Gasteiger partial charge >= 0.3 is 0 Å². The van der Waals surface area contributed by atoms with Gasteiger partial charge in [0.25, 0.3) is 0 Å². The Balaban J connectivity index is 2.04. The zero-order valence-electron chi connectivity index (χ0n) is 12.9. The Morgan fingerprint density at radius 2 is 1.95 bits per heavy atom. The first-order valence-corrected chi connectivity index (χ1v) is 7.60. The molecule has 0 bridgehead atoms. The van der Waals surface area contributed by atoms with Gasteiger partial charge in [0.05, 0.1) is 0 Å². The second-order valence-corrected chi connectivity index (χ2v) is 5.96. The van der Waals surface area contributed by atoms with Gasteiger partial charge in [-0.2, -0.15) is 0 Å². The van der Waals surface area contributed by atoms with E-state index in [2.05, 4.69) is 56.2 Å². The maximum atomic E-state index is 3.49. The van der Waals surface area contributed by atoms with Crippen molar-refractivity contribution in [2.75, 3.05) is 20.1 Å². The van der Waals surface area contributed by atoms with E-state index in [-0.39, 0.29) is 0 Å². The molecule has 2 rings (SSSR count). The van der Waals surface area contributed by atoms with E-state index in [4.69, 9.17) is 0 Å². The molecule has 1 saturated heterocycles. The van der Waals surface area contributed by atoms with Gasteiger partial charge < -0.3 is 5.32 Å². The lowest BCUT2D eigenvalue weighted by Crippen LogP contribution is -2.47. The summed E-state index contributed by atoms with van der Waals surface area (Å²) in [5, 5.41) is 3.49. The fourth-order valence-electron chi connectivity index (χ4n) is 3.37. The summed E-state index contributed by atoms with van der Waals surface area (Å²) in [6, 6.07) is 7.34. The number of aryl methyl sites for hydroxylation is 2. The minimum atomic E-state index is 0.708. The van der Waals surface area contributed by atoms with Crippen molar-refractivity contribution in [3.63, 3.8) is 0 Å². The summed E-state index contributed by atoms with van der Waals surface area (Å²) in [5.41, 5.74) is 4.40. The molecule has 1 N–H and O–H groups in total. The minimum Gasteiger partial charge on any atom is -0.317 e. The fourth-order valence-corrected chi connectivity index (χ4v) is 3.37. The van der Waals surface area contributed by atoms with Crippen LogP contribution in [0.2, 0.25) is 0 Å². The van der Waals surface area contributed by atoms with Crippen LogP contribution in [0.3, 0.4) is 0 Å². The average molecular weight is 260 g/mol. The normalized spacial score (nSPS) is 24.6. The summed E-state index contributed by atoms with van der Waals surface area (Å²) in [6.45, 7) is 10.4. The van der Waals surface area contributed by atoms with E-state index >= 15 is 0 Å². The Morgan fingerprint density at radius 3 is 2.53 bits per heavy atom. The molecule has 2 atom stereocenters. The Hall–Kier alpha value is -0.860. The number of rotatable bonds is 4. The smallest absolute Gasteiger partial charge is 0.0239 e. The first kappa shape index (κ1) is 14.5. The molecule has 2 nitrogen and oxygen atoms in total. The molecule has 0 aliphatic carbocycles. The molecule has 1 fully saturated rings. The number of hydrogen-bond donors (Lipinski definition) is 1. The molecule has 1 aromatic carbocycles. The van der Waals surface area contributed by atoms with Crippen LogP contribution in [0.15, 0.2) is 18.2 Å². The molecule has 0 radical (unpaired) electrons. The molecule has 0 aromatic heterocycles. The second-order valence-electron chi connectivity index (χ2n) is 5.96. The van der Waals surface area contributed by atoms with Crippen LogP contribution in [0.25, 0.3) is 0 Å². The lowest BCUT2D eigenvalue weighted by atomic mass is 9.89. The number of hydrogen-bond acceptors (Lipinski definition) is 2. The van der Waals surface area contributed by atoms with E-state index in [0.29, 0.717) is 6.04 Å². The molecule has 1 aromatic rings. The zero-order valence-corrected chi connectivity index (χ0v) is 12.9. The summed E-state index contributed by atoms with van der Waals surface area (Å²) in [4.78, 5) is 2.64. The standard InChI is InChI=1S/C17H28N2/c1-5-15-11-19(10-9-17(15)18-4)12-16-13(2)7-6-8-14(16)3/h6-8,15,17-18H,5,9-12H2,1-4H3. The molecule has 19 heavy (non-hydrogen) atoms.